The fourth-order valence-electron chi connectivity index (χ4n) is 3.47. The fourth-order valence-corrected chi connectivity index (χ4v) is 3.47. The van der Waals surface area contributed by atoms with Crippen LogP contribution < -0.4 is 19.6 Å². The van der Waals surface area contributed by atoms with Crippen LogP contribution in [-0.2, 0) is 12.4 Å². The lowest BCUT2D eigenvalue weighted by molar-refractivity contribution is -0.138. The largest absolute Gasteiger partial charge is 0.492 e. The summed E-state index contributed by atoms with van der Waals surface area (Å²) in [5.74, 6) is -0.957. The van der Waals surface area contributed by atoms with Gasteiger partial charge in [-0.2, -0.15) is 26.3 Å². The van der Waals surface area contributed by atoms with E-state index in [1.165, 1.54) is 25.3 Å². The molecule has 0 aliphatic carbocycles. The highest BCUT2D eigenvalue weighted by molar-refractivity contribution is 5.82. The molecule has 0 fully saturated rings. The van der Waals surface area contributed by atoms with Gasteiger partial charge in [0.15, 0.2) is 11.5 Å². The van der Waals surface area contributed by atoms with E-state index >= 15 is 0 Å². The van der Waals surface area contributed by atoms with E-state index in [-0.39, 0.29) is 39.5 Å². The number of benzene rings is 2. The van der Waals surface area contributed by atoms with Crippen molar-refractivity contribution in [1.82, 2.24) is 0 Å². The van der Waals surface area contributed by atoms with Gasteiger partial charge in [-0.05, 0) is 41.5 Å². The van der Waals surface area contributed by atoms with Crippen LogP contribution in [0, 0.1) is 0 Å². The molecule has 0 unspecified atom stereocenters. The van der Waals surface area contributed by atoms with Crippen LogP contribution in [0.5, 0.6) is 17.2 Å². The third kappa shape index (κ3) is 4.80. The predicted octanol–water partition coefficient (Wildman–Crippen LogP) is 6.44. The Hall–Kier alpha value is -3.69. The molecule has 0 aliphatic heterocycles. The molecule has 0 heterocycles. The van der Waals surface area contributed by atoms with E-state index in [0.717, 1.165) is 50.6 Å². The van der Waals surface area contributed by atoms with Crippen LogP contribution in [0.3, 0.4) is 0 Å². The number of rotatable bonds is 5. The van der Waals surface area contributed by atoms with Crippen LogP contribution in [0.25, 0.3) is 22.3 Å². The summed E-state index contributed by atoms with van der Waals surface area (Å²) in [7, 11) is 3.48. The maximum Gasteiger partial charge on any atom is 0.416 e. The van der Waals surface area contributed by atoms with Gasteiger partial charge >= 0.3 is 12.4 Å². The number of alkyl halides is 6. The summed E-state index contributed by atoms with van der Waals surface area (Å²) in [4.78, 5) is 13.2. The summed E-state index contributed by atoms with van der Waals surface area (Å²) in [6, 6.07) is 9.59. The Kier molecular flexibility index (Phi) is 6.81. The lowest BCUT2D eigenvalue weighted by Crippen LogP contribution is -2.08. The molecule has 180 valence electrons. The van der Waals surface area contributed by atoms with Gasteiger partial charge in [0.25, 0.3) is 5.43 Å². The molecule has 0 saturated carbocycles. The minimum absolute atomic E-state index is 0.00384. The summed E-state index contributed by atoms with van der Waals surface area (Å²) in [6.07, 6.45) is -9.32. The van der Waals surface area contributed by atoms with Crippen LogP contribution in [0.1, 0.15) is 11.1 Å². The highest BCUT2D eigenvalue weighted by atomic mass is 19.4. The maximum atomic E-state index is 13.3. The molecule has 3 aromatic carbocycles. The van der Waals surface area contributed by atoms with Crippen LogP contribution in [0.2, 0.25) is 0 Å². The van der Waals surface area contributed by atoms with Gasteiger partial charge in [0.1, 0.15) is 0 Å². The van der Waals surface area contributed by atoms with Gasteiger partial charge in [-0.1, -0.05) is 24.3 Å². The van der Waals surface area contributed by atoms with Crippen molar-refractivity contribution in [2.75, 3.05) is 21.3 Å². The molecule has 0 saturated heterocycles. The first-order valence-electron chi connectivity index (χ1n) is 9.65. The molecule has 10 heteroatoms. The lowest BCUT2D eigenvalue weighted by atomic mass is 9.99. The average Bonchev–Trinajstić information content (AvgIpc) is 2.91. The quantitative estimate of drug-likeness (QED) is 0.391. The van der Waals surface area contributed by atoms with Gasteiger partial charge in [-0.15, -0.1) is 0 Å². The normalized spacial score (nSPS) is 11.8. The second kappa shape index (κ2) is 9.28. The standard InChI is InChI=1S/C24H18F6O4/c1-32-20-17(13-6-4-8-15(10-13)23(25,26)27)12-18(21(33-2)22(34-3)19(20)31)14-7-5-9-16(11-14)24(28,29)30/h4-12H,1-3H3. The van der Waals surface area contributed by atoms with Crippen molar-refractivity contribution in [1.29, 1.82) is 0 Å². The Bertz CT molecular complexity index is 1270. The average molecular weight is 484 g/mol. The molecule has 0 aliphatic rings. The van der Waals surface area contributed by atoms with Gasteiger partial charge < -0.3 is 14.2 Å². The van der Waals surface area contributed by atoms with E-state index in [1.807, 2.05) is 0 Å². The fraction of sp³-hybridized carbons (Fsp3) is 0.208. The van der Waals surface area contributed by atoms with Crippen LogP contribution in [0.15, 0.2) is 59.4 Å². The Morgan fingerprint density at radius 3 is 1.38 bits per heavy atom. The third-order valence-corrected chi connectivity index (χ3v) is 5.01. The third-order valence-electron chi connectivity index (χ3n) is 5.01. The van der Waals surface area contributed by atoms with E-state index in [0.29, 0.717) is 0 Å². The molecule has 0 atom stereocenters. The highest BCUT2D eigenvalue weighted by Crippen LogP contribution is 2.43. The van der Waals surface area contributed by atoms with Crippen molar-refractivity contribution >= 4 is 0 Å². The topological polar surface area (TPSA) is 44.8 Å². The Balaban J connectivity index is 2.47. The lowest BCUT2D eigenvalue weighted by Gasteiger charge is -2.12. The van der Waals surface area contributed by atoms with E-state index in [1.54, 1.807) is 0 Å². The molecule has 0 aromatic heterocycles. The van der Waals surface area contributed by atoms with E-state index in [4.69, 9.17) is 14.2 Å². The monoisotopic (exact) mass is 484 g/mol. The van der Waals surface area contributed by atoms with Crippen LogP contribution >= 0.6 is 0 Å². The minimum Gasteiger partial charge on any atom is -0.492 e. The van der Waals surface area contributed by atoms with Gasteiger partial charge in [-0.3, -0.25) is 4.79 Å². The molecule has 0 radical (unpaired) electrons. The van der Waals surface area contributed by atoms with Gasteiger partial charge in [0.05, 0.1) is 32.5 Å². The first-order valence-corrected chi connectivity index (χ1v) is 9.65. The van der Waals surface area contributed by atoms with Crippen molar-refractivity contribution in [3.63, 3.8) is 0 Å². The van der Waals surface area contributed by atoms with Gasteiger partial charge in [-0.25, -0.2) is 0 Å². The van der Waals surface area contributed by atoms with Crippen molar-refractivity contribution in [3.8, 4) is 39.5 Å². The molecule has 34 heavy (non-hydrogen) atoms. The molecule has 3 aromatic rings. The first kappa shape index (κ1) is 24.9. The second-order valence-electron chi connectivity index (χ2n) is 7.06. The highest BCUT2D eigenvalue weighted by Gasteiger charge is 2.32. The van der Waals surface area contributed by atoms with Crippen molar-refractivity contribution in [2.24, 2.45) is 0 Å². The van der Waals surface area contributed by atoms with Crippen LogP contribution in [-0.4, -0.2) is 21.3 Å². The summed E-state index contributed by atoms with van der Waals surface area (Å²) in [5, 5.41) is 0. The maximum absolute atomic E-state index is 13.3. The van der Waals surface area contributed by atoms with Gasteiger partial charge in [0, 0.05) is 11.1 Å². The Morgan fingerprint density at radius 2 is 1.00 bits per heavy atom. The van der Waals surface area contributed by atoms with Crippen LogP contribution in [0.4, 0.5) is 26.3 Å². The summed E-state index contributed by atoms with van der Waals surface area (Å²) >= 11 is 0. The first-order chi connectivity index (χ1) is 15.9. The molecule has 0 spiro atoms. The van der Waals surface area contributed by atoms with E-state index in [2.05, 4.69) is 0 Å². The zero-order valence-electron chi connectivity index (χ0n) is 18.1. The predicted molar refractivity (Wildman–Crippen MR) is 113 cm³/mol. The Labute approximate surface area is 190 Å². The molecular formula is C24H18F6O4. The Morgan fingerprint density at radius 1 is 0.588 bits per heavy atom. The number of hydrogen-bond acceptors (Lipinski definition) is 4. The number of halogens is 6. The van der Waals surface area contributed by atoms with Crippen molar-refractivity contribution in [2.45, 2.75) is 12.4 Å². The molecule has 0 bridgehead atoms. The molecular weight excluding hydrogens is 466 g/mol. The summed E-state index contributed by atoms with van der Waals surface area (Å²) < 4.78 is 95.7. The second-order valence-corrected chi connectivity index (χ2v) is 7.06. The zero-order chi connectivity index (χ0) is 25.3. The minimum atomic E-state index is -4.67. The van der Waals surface area contributed by atoms with E-state index < -0.39 is 28.9 Å². The van der Waals surface area contributed by atoms with Crippen molar-refractivity contribution in [3.05, 3.63) is 75.9 Å². The zero-order valence-corrected chi connectivity index (χ0v) is 18.1. The smallest absolute Gasteiger partial charge is 0.416 e. The SMILES string of the molecule is COc1c(-c2cccc(C(F)(F)F)c2)cc(-c2cccc(C(F)(F)F)c2)c(OC)c(=O)c1OC. The van der Waals surface area contributed by atoms with Crippen molar-refractivity contribution < 1.29 is 40.6 Å². The molecule has 4 nitrogen and oxygen atoms in total. The summed E-state index contributed by atoms with van der Waals surface area (Å²) in [5.41, 5.74) is -2.95. The van der Waals surface area contributed by atoms with Gasteiger partial charge in [0.2, 0.25) is 5.75 Å². The molecule has 0 amide bonds. The molecule has 3 rings (SSSR count). The van der Waals surface area contributed by atoms with E-state index in [9.17, 15) is 31.1 Å². The number of methoxy groups -OCH3 is 3. The summed E-state index contributed by atoms with van der Waals surface area (Å²) in [6.45, 7) is 0. The number of ether oxygens (including phenoxy) is 3. The number of hydrogen-bond donors (Lipinski definition) is 0. The molecule has 0 N–H and O–H groups in total.